The monoisotopic (exact) mass is 253 g/mol. The number of unbranched alkanes of at least 4 members (excludes halogenated alkanes) is 1. The van der Waals surface area contributed by atoms with Crippen LogP contribution in [0.5, 0.6) is 0 Å². The van der Waals surface area contributed by atoms with Gasteiger partial charge in [-0.3, -0.25) is 4.79 Å². The van der Waals surface area contributed by atoms with E-state index in [9.17, 15) is 4.79 Å². The summed E-state index contributed by atoms with van der Waals surface area (Å²) in [5.74, 6) is 0.317. The van der Waals surface area contributed by atoms with Crippen LogP contribution in [0.2, 0.25) is 0 Å². The maximum atomic E-state index is 11.4. The summed E-state index contributed by atoms with van der Waals surface area (Å²) >= 11 is 1.51. The van der Waals surface area contributed by atoms with Gasteiger partial charge in [-0.25, -0.2) is 0 Å². The summed E-state index contributed by atoms with van der Waals surface area (Å²) in [5, 5.41) is 2.14. The molecule has 1 unspecified atom stereocenters. The van der Waals surface area contributed by atoms with Crippen molar-refractivity contribution in [1.82, 2.24) is 0 Å². The highest BCUT2D eigenvalue weighted by atomic mass is 32.1. The topological polar surface area (TPSA) is 43.1 Å². The Morgan fingerprint density at radius 1 is 1.41 bits per heavy atom. The van der Waals surface area contributed by atoms with Crippen LogP contribution in [0.1, 0.15) is 73.2 Å². The van der Waals surface area contributed by atoms with E-state index < -0.39 is 0 Å². The number of thiophene rings is 1. The molecule has 96 valence electrons. The first kappa shape index (κ1) is 14.2. The summed E-state index contributed by atoms with van der Waals surface area (Å²) in [6.45, 7) is 6.54. The molecule has 0 aliphatic rings. The van der Waals surface area contributed by atoms with Crippen molar-refractivity contribution < 1.29 is 4.79 Å². The Morgan fingerprint density at radius 3 is 2.59 bits per heavy atom. The van der Waals surface area contributed by atoms with E-state index in [2.05, 4.69) is 26.2 Å². The average Bonchev–Trinajstić information content (AvgIpc) is 2.74. The van der Waals surface area contributed by atoms with E-state index in [-0.39, 0.29) is 5.91 Å². The van der Waals surface area contributed by atoms with Gasteiger partial charge >= 0.3 is 0 Å². The normalized spacial score (nSPS) is 12.6. The Balaban J connectivity index is 2.98. The maximum absolute atomic E-state index is 11.4. The van der Waals surface area contributed by atoms with Gasteiger partial charge in [0.1, 0.15) is 0 Å². The SMILES string of the molecule is CCCCC(CC)c1csc(C(N)=O)c1CC. The fraction of sp³-hybridized carbons (Fsp3) is 0.643. The molecule has 0 aliphatic carbocycles. The molecular weight excluding hydrogens is 230 g/mol. The minimum Gasteiger partial charge on any atom is -0.365 e. The lowest BCUT2D eigenvalue weighted by atomic mass is 9.89. The first-order valence-corrected chi connectivity index (χ1v) is 7.43. The second-order valence-electron chi connectivity index (χ2n) is 4.46. The lowest BCUT2D eigenvalue weighted by Crippen LogP contribution is -2.12. The highest BCUT2D eigenvalue weighted by molar-refractivity contribution is 7.12. The smallest absolute Gasteiger partial charge is 0.259 e. The number of carbonyl (C=O) groups is 1. The van der Waals surface area contributed by atoms with Gasteiger partial charge in [-0.15, -0.1) is 11.3 Å². The van der Waals surface area contributed by atoms with E-state index in [1.54, 1.807) is 0 Å². The first-order valence-electron chi connectivity index (χ1n) is 6.55. The van der Waals surface area contributed by atoms with Crippen LogP contribution < -0.4 is 5.73 Å². The van der Waals surface area contributed by atoms with Crippen molar-refractivity contribution in [3.63, 3.8) is 0 Å². The van der Waals surface area contributed by atoms with Gasteiger partial charge in [0.2, 0.25) is 0 Å². The van der Waals surface area contributed by atoms with Gasteiger partial charge in [-0.1, -0.05) is 33.6 Å². The third-order valence-electron chi connectivity index (χ3n) is 3.34. The molecule has 0 saturated carbocycles. The second-order valence-corrected chi connectivity index (χ2v) is 5.34. The minimum atomic E-state index is -0.275. The van der Waals surface area contributed by atoms with Crippen molar-refractivity contribution in [3.8, 4) is 0 Å². The summed E-state index contributed by atoms with van der Waals surface area (Å²) in [6.07, 6.45) is 5.74. The molecule has 0 fully saturated rings. The van der Waals surface area contributed by atoms with Crippen molar-refractivity contribution in [2.75, 3.05) is 0 Å². The van der Waals surface area contributed by atoms with E-state index in [1.165, 1.54) is 41.7 Å². The molecule has 1 rings (SSSR count). The van der Waals surface area contributed by atoms with E-state index in [1.807, 2.05) is 0 Å². The van der Waals surface area contributed by atoms with Gasteiger partial charge in [0.05, 0.1) is 4.88 Å². The van der Waals surface area contributed by atoms with Crippen LogP contribution in [0.25, 0.3) is 0 Å². The Hall–Kier alpha value is -0.830. The molecular formula is C14H23NOS. The first-order chi connectivity index (χ1) is 8.15. The third-order valence-corrected chi connectivity index (χ3v) is 4.40. The number of amides is 1. The molecule has 1 heterocycles. The van der Waals surface area contributed by atoms with Crippen LogP contribution in [0.4, 0.5) is 0 Å². The van der Waals surface area contributed by atoms with Gasteiger partial charge < -0.3 is 5.73 Å². The second kappa shape index (κ2) is 6.80. The number of hydrogen-bond acceptors (Lipinski definition) is 2. The molecule has 0 aliphatic heterocycles. The maximum Gasteiger partial charge on any atom is 0.259 e. The minimum absolute atomic E-state index is 0.275. The van der Waals surface area contributed by atoms with Crippen molar-refractivity contribution in [3.05, 3.63) is 21.4 Å². The quantitative estimate of drug-likeness (QED) is 0.781. The molecule has 17 heavy (non-hydrogen) atoms. The van der Waals surface area contributed by atoms with Crippen LogP contribution in [0, 0.1) is 0 Å². The number of nitrogens with two attached hydrogens (primary N) is 1. The van der Waals surface area contributed by atoms with Crippen LogP contribution in [0.15, 0.2) is 5.38 Å². The van der Waals surface area contributed by atoms with Crippen LogP contribution in [-0.2, 0) is 6.42 Å². The van der Waals surface area contributed by atoms with Gasteiger partial charge in [0, 0.05) is 0 Å². The Labute approximate surface area is 108 Å². The largest absolute Gasteiger partial charge is 0.365 e. The molecule has 0 aromatic carbocycles. The molecule has 1 aromatic rings. The van der Waals surface area contributed by atoms with Crippen molar-refractivity contribution in [2.45, 2.75) is 58.8 Å². The van der Waals surface area contributed by atoms with E-state index >= 15 is 0 Å². The van der Waals surface area contributed by atoms with Gasteiger partial charge in [-0.2, -0.15) is 0 Å². The predicted molar refractivity (Wildman–Crippen MR) is 74.8 cm³/mol. The molecule has 3 heteroatoms. The van der Waals surface area contributed by atoms with Crippen molar-refractivity contribution in [2.24, 2.45) is 5.73 Å². The molecule has 0 spiro atoms. The molecule has 0 saturated heterocycles. The Bertz CT molecular complexity index is 370. The van der Waals surface area contributed by atoms with E-state index in [0.29, 0.717) is 5.92 Å². The lowest BCUT2D eigenvalue weighted by Gasteiger charge is -2.15. The number of hydrogen-bond donors (Lipinski definition) is 1. The molecule has 1 atom stereocenters. The van der Waals surface area contributed by atoms with Crippen LogP contribution >= 0.6 is 11.3 Å². The lowest BCUT2D eigenvalue weighted by molar-refractivity contribution is 0.100. The molecule has 0 bridgehead atoms. The molecule has 2 N–H and O–H groups in total. The Kier molecular flexibility index (Phi) is 5.69. The van der Waals surface area contributed by atoms with Crippen molar-refractivity contribution >= 4 is 17.2 Å². The summed E-state index contributed by atoms with van der Waals surface area (Å²) in [4.78, 5) is 12.1. The number of primary amides is 1. The summed E-state index contributed by atoms with van der Waals surface area (Å²) in [7, 11) is 0. The molecule has 2 nitrogen and oxygen atoms in total. The highest BCUT2D eigenvalue weighted by Crippen LogP contribution is 2.34. The van der Waals surface area contributed by atoms with Crippen molar-refractivity contribution in [1.29, 1.82) is 0 Å². The summed E-state index contributed by atoms with van der Waals surface area (Å²) in [6, 6.07) is 0. The standard InChI is InChI=1S/C14H23NOS/c1-4-7-8-10(5-2)12-9-17-13(14(15)16)11(12)6-3/h9-10H,4-8H2,1-3H3,(H2,15,16). The zero-order valence-electron chi connectivity index (χ0n) is 11.1. The van der Waals surface area contributed by atoms with Gasteiger partial charge in [0.25, 0.3) is 5.91 Å². The molecule has 1 aromatic heterocycles. The zero-order valence-corrected chi connectivity index (χ0v) is 11.9. The van der Waals surface area contributed by atoms with Crippen LogP contribution in [0.3, 0.4) is 0 Å². The zero-order chi connectivity index (χ0) is 12.8. The fourth-order valence-electron chi connectivity index (χ4n) is 2.34. The highest BCUT2D eigenvalue weighted by Gasteiger charge is 2.19. The predicted octanol–water partition coefficient (Wildman–Crippen LogP) is 4.09. The third kappa shape index (κ3) is 3.32. The molecule has 1 amide bonds. The average molecular weight is 253 g/mol. The number of carbonyl (C=O) groups excluding carboxylic acids is 1. The summed E-state index contributed by atoms with van der Waals surface area (Å²) in [5.41, 5.74) is 7.97. The Morgan fingerprint density at radius 2 is 2.12 bits per heavy atom. The van der Waals surface area contributed by atoms with Gasteiger partial charge in [-0.05, 0) is 41.7 Å². The summed E-state index contributed by atoms with van der Waals surface area (Å²) < 4.78 is 0. The van der Waals surface area contributed by atoms with Gasteiger partial charge in [0.15, 0.2) is 0 Å². The molecule has 0 radical (unpaired) electrons. The van der Waals surface area contributed by atoms with Crippen LogP contribution in [-0.4, -0.2) is 5.91 Å². The fourth-order valence-corrected chi connectivity index (χ4v) is 3.44. The van der Waals surface area contributed by atoms with E-state index in [0.717, 1.165) is 17.7 Å². The van der Waals surface area contributed by atoms with E-state index in [4.69, 9.17) is 5.73 Å². The number of rotatable bonds is 7.